The molecule has 0 aliphatic rings. The lowest BCUT2D eigenvalue weighted by Gasteiger charge is -2.17. The van der Waals surface area contributed by atoms with Crippen LogP contribution in [0.2, 0.25) is 0 Å². The van der Waals surface area contributed by atoms with E-state index in [2.05, 4.69) is 0 Å². The Balaban J connectivity index is 2.36. The van der Waals surface area contributed by atoms with E-state index in [1.807, 2.05) is 19.1 Å². The highest BCUT2D eigenvalue weighted by Gasteiger charge is 2.24. The minimum absolute atomic E-state index is 0.101. The molecule has 5 nitrogen and oxygen atoms in total. The number of benzene rings is 1. The van der Waals surface area contributed by atoms with Crippen molar-refractivity contribution in [2.45, 2.75) is 18.6 Å². The van der Waals surface area contributed by atoms with Crippen molar-refractivity contribution in [2.75, 3.05) is 11.4 Å². The molecule has 0 fully saturated rings. The maximum absolute atomic E-state index is 12.3. The first kappa shape index (κ1) is 13.6. The van der Waals surface area contributed by atoms with Crippen LogP contribution in [0.1, 0.15) is 11.3 Å². The zero-order chi connectivity index (χ0) is 14.0. The van der Waals surface area contributed by atoms with Gasteiger partial charge in [0.1, 0.15) is 5.76 Å². The van der Waals surface area contributed by atoms with E-state index in [1.165, 1.54) is 17.4 Å². The summed E-state index contributed by atoms with van der Waals surface area (Å²) in [6.45, 7) is 2.11. The van der Waals surface area contributed by atoms with Gasteiger partial charge in [-0.15, -0.1) is 0 Å². The van der Waals surface area contributed by atoms with Crippen LogP contribution in [0.3, 0.4) is 0 Å². The Hall–Kier alpha value is -1.79. The van der Waals surface area contributed by atoms with Crippen molar-refractivity contribution in [1.29, 1.82) is 0 Å². The molecule has 2 N–H and O–H groups in total. The van der Waals surface area contributed by atoms with E-state index in [0.717, 1.165) is 5.56 Å². The summed E-state index contributed by atoms with van der Waals surface area (Å²) in [5, 5.41) is -0.101. The van der Waals surface area contributed by atoms with Crippen LogP contribution < -0.4 is 10.0 Å². The van der Waals surface area contributed by atoms with Crippen LogP contribution in [0.25, 0.3) is 0 Å². The second-order valence-electron chi connectivity index (χ2n) is 4.23. The molecule has 6 heteroatoms. The second kappa shape index (κ2) is 5.07. The van der Waals surface area contributed by atoms with Gasteiger partial charge < -0.3 is 10.2 Å². The smallest absolute Gasteiger partial charge is 0.297 e. The Morgan fingerprint density at radius 2 is 1.79 bits per heavy atom. The molecule has 0 aliphatic heterocycles. The van der Waals surface area contributed by atoms with Crippen molar-refractivity contribution < 1.29 is 12.8 Å². The van der Waals surface area contributed by atoms with Gasteiger partial charge in [-0.05, 0) is 31.2 Å². The molecule has 0 spiro atoms. The Kier molecular flexibility index (Phi) is 3.64. The third-order valence-electron chi connectivity index (χ3n) is 2.85. The topological polar surface area (TPSA) is 76.5 Å². The van der Waals surface area contributed by atoms with E-state index in [9.17, 15) is 8.42 Å². The van der Waals surface area contributed by atoms with Crippen LogP contribution in [-0.2, 0) is 16.6 Å². The molecule has 1 heterocycles. The molecule has 0 atom stereocenters. The van der Waals surface area contributed by atoms with E-state index in [4.69, 9.17) is 10.2 Å². The van der Waals surface area contributed by atoms with Crippen molar-refractivity contribution >= 4 is 15.7 Å². The summed E-state index contributed by atoms with van der Waals surface area (Å²) in [6.07, 6.45) is 0. The first-order valence-corrected chi connectivity index (χ1v) is 7.23. The monoisotopic (exact) mass is 280 g/mol. The van der Waals surface area contributed by atoms with Crippen molar-refractivity contribution in [3.8, 4) is 0 Å². The number of hydrogen-bond acceptors (Lipinski definition) is 4. The van der Waals surface area contributed by atoms with Crippen molar-refractivity contribution in [3.63, 3.8) is 0 Å². The van der Waals surface area contributed by atoms with Crippen LogP contribution in [0, 0.1) is 6.92 Å². The van der Waals surface area contributed by atoms with Gasteiger partial charge in [0.15, 0.2) is 0 Å². The summed E-state index contributed by atoms with van der Waals surface area (Å²) in [4.78, 5) is 0. The molecule has 2 aromatic rings. The molecule has 0 unspecified atom stereocenters. The fourth-order valence-corrected chi connectivity index (χ4v) is 2.76. The summed E-state index contributed by atoms with van der Waals surface area (Å²) in [7, 11) is -2.19. The lowest BCUT2D eigenvalue weighted by atomic mass is 10.2. The summed E-state index contributed by atoms with van der Waals surface area (Å²) in [5.74, 6) is 0.441. The highest BCUT2D eigenvalue weighted by atomic mass is 32.2. The van der Waals surface area contributed by atoms with E-state index < -0.39 is 10.0 Å². The number of nitrogens with two attached hydrogens (primary N) is 1. The SMILES string of the molecule is Cc1ccc(N(C)S(=O)(=O)c2ccc(CN)o2)cc1. The average Bonchev–Trinajstić information content (AvgIpc) is 2.88. The number of sulfonamides is 1. The van der Waals surface area contributed by atoms with Crippen molar-refractivity contribution in [3.05, 3.63) is 47.7 Å². The van der Waals surface area contributed by atoms with Crippen LogP contribution in [0.5, 0.6) is 0 Å². The van der Waals surface area contributed by atoms with E-state index in [0.29, 0.717) is 11.4 Å². The summed E-state index contributed by atoms with van der Waals surface area (Å²) < 4.78 is 31.1. The first-order chi connectivity index (χ1) is 8.95. The molecule has 0 saturated carbocycles. The maximum Gasteiger partial charge on any atom is 0.297 e. The zero-order valence-corrected chi connectivity index (χ0v) is 11.6. The summed E-state index contributed by atoms with van der Waals surface area (Å²) in [5.41, 5.74) is 7.06. The first-order valence-electron chi connectivity index (χ1n) is 5.79. The highest BCUT2D eigenvalue weighted by molar-refractivity contribution is 7.92. The molecular weight excluding hydrogens is 264 g/mol. The Morgan fingerprint density at radius 1 is 1.16 bits per heavy atom. The highest BCUT2D eigenvalue weighted by Crippen LogP contribution is 2.23. The van der Waals surface area contributed by atoms with Gasteiger partial charge in [-0.1, -0.05) is 17.7 Å². The molecular formula is C13H16N2O3S. The quantitative estimate of drug-likeness (QED) is 0.927. The second-order valence-corrected chi connectivity index (χ2v) is 6.13. The molecule has 1 aromatic carbocycles. The van der Waals surface area contributed by atoms with Gasteiger partial charge in [0, 0.05) is 7.05 Å². The van der Waals surface area contributed by atoms with Gasteiger partial charge in [-0.2, -0.15) is 8.42 Å². The number of anilines is 1. The van der Waals surface area contributed by atoms with E-state index >= 15 is 0 Å². The normalized spacial score (nSPS) is 11.5. The third-order valence-corrected chi connectivity index (χ3v) is 4.51. The fourth-order valence-electron chi connectivity index (χ4n) is 1.64. The third kappa shape index (κ3) is 2.64. The van der Waals surface area contributed by atoms with Gasteiger partial charge >= 0.3 is 0 Å². The van der Waals surface area contributed by atoms with Crippen LogP contribution in [0.15, 0.2) is 45.9 Å². The van der Waals surface area contributed by atoms with Crippen LogP contribution in [0.4, 0.5) is 5.69 Å². The van der Waals surface area contributed by atoms with Crippen LogP contribution in [-0.4, -0.2) is 15.5 Å². The molecule has 0 radical (unpaired) electrons. The number of hydrogen-bond donors (Lipinski definition) is 1. The predicted octanol–water partition coefficient (Wildman–Crippen LogP) is 1.87. The Morgan fingerprint density at radius 3 is 2.32 bits per heavy atom. The van der Waals surface area contributed by atoms with Gasteiger partial charge in [0.25, 0.3) is 10.0 Å². The van der Waals surface area contributed by atoms with Gasteiger partial charge in [0.05, 0.1) is 12.2 Å². The molecule has 0 aliphatic carbocycles. The van der Waals surface area contributed by atoms with E-state index in [-0.39, 0.29) is 11.6 Å². The zero-order valence-electron chi connectivity index (χ0n) is 10.8. The number of aryl methyl sites for hydroxylation is 1. The van der Waals surface area contributed by atoms with Crippen molar-refractivity contribution in [2.24, 2.45) is 5.73 Å². The lowest BCUT2D eigenvalue weighted by Crippen LogP contribution is -2.26. The largest absolute Gasteiger partial charge is 0.446 e. The molecule has 0 amide bonds. The van der Waals surface area contributed by atoms with Gasteiger partial charge in [0.2, 0.25) is 5.09 Å². The maximum atomic E-state index is 12.3. The molecule has 2 rings (SSSR count). The Labute approximate surface area is 112 Å². The van der Waals surface area contributed by atoms with Gasteiger partial charge in [-0.25, -0.2) is 0 Å². The number of rotatable bonds is 4. The summed E-state index contributed by atoms with van der Waals surface area (Å²) >= 11 is 0. The molecule has 1 aromatic heterocycles. The van der Waals surface area contributed by atoms with Gasteiger partial charge in [-0.3, -0.25) is 4.31 Å². The summed E-state index contributed by atoms with van der Waals surface area (Å²) in [6, 6.07) is 10.2. The van der Waals surface area contributed by atoms with Crippen LogP contribution >= 0.6 is 0 Å². The van der Waals surface area contributed by atoms with E-state index in [1.54, 1.807) is 18.2 Å². The minimum Gasteiger partial charge on any atom is -0.446 e. The van der Waals surface area contributed by atoms with Crippen molar-refractivity contribution in [1.82, 2.24) is 0 Å². The molecule has 0 saturated heterocycles. The molecule has 19 heavy (non-hydrogen) atoms. The lowest BCUT2D eigenvalue weighted by molar-refractivity contribution is 0.415. The predicted molar refractivity (Wildman–Crippen MR) is 73.4 cm³/mol. The number of nitrogens with zero attached hydrogens (tertiary/aromatic N) is 1. The fraction of sp³-hybridized carbons (Fsp3) is 0.231. The average molecular weight is 280 g/mol. The molecule has 0 bridgehead atoms. The molecule has 102 valence electrons. The number of furan rings is 1. The standard InChI is InChI=1S/C13H16N2O3S/c1-10-3-5-11(6-4-10)15(2)19(16,17)13-8-7-12(9-14)18-13/h3-8H,9,14H2,1-2H3. The Bertz CT molecular complexity index is 659. The minimum atomic E-state index is -3.68.